The van der Waals surface area contributed by atoms with Crippen molar-refractivity contribution in [3.63, 3.8) is 0 Å². The number of carbonyl (C=O) groups excluding carboxylic acids is 1. The zero-order chi connectivity index (χ0) is 16.1. The second kappa shape index (κ2) is 6.79. The molecule has 0 radical (unpaired) electrons. The number of amides is 1. The van der Waals surface area contributed by atoms with Crippen molar-refractivity contribution >= 4 is 11.6 Å². The van der Waals surface area contributed by atoms with Gasteiger partial charge in [0.2, 0.25) is 0 Å². The normalized spacial score (nSPS) is 10.3. The summed E-state index contributed by atoms with van der Waals surface area (Å²) in [6, 6.07) is 21.5. The van der Waals surface area contributed by atoms with Gasteiger partial charge < -0.3 is 0 Å². The lowest BCUT2D eigenvalue weighted by Crippen LogP contribution is -2.42. The minimum Gasteiger partial charge on any atom is -0.282 e. The Balaban J connectivity index is 1.82. The van der Waals surface area contributed by atoms with Crippen LogP contribution >= 0.6 is 0 Å². The number of hydrazine groups is 1. The predicted octanol–water partition coefficient (Wildman–Crippen LogP) is 3.07. The van der Waals surface area contributed by atoms with Crippen molar-refractivity contribution in [2.45, 2.75) is 13.5 Å². The van der Waals surface area contributed by atoms with Gasteiger partial charge in [0.25, 0.3) is 5.91 Å². The first-order valence-electron chi connectivity index (χ1n) is 7.42. The number of anilines is 1. The third kappa shape index (κ3) is 3.77. The highest BCUT2D eigenvalue weighted by atomic mass is 16.2. The molecule has 116 valence electrons. The van der Waals surface area contributed by atoms with Crippen molar-refractivity contribution in [2.75, 3.05) is 5.01 Å². The maximum Gasteiger partial charge on any atom is 0.290 e. The van der Waals surface area contributed by atoms with E-state index in [0.717, 1.165) is 16.9 Å². The molecule has 5 nitrogen and oxygen atoms in total. The van der Waals surface area contributed by atoms with E-state index in [-0.39, 0.29) is 5.91 Å². The number of H-pyrrole nitrogens is 1. The van der Waals surface area contributed by atoms with Gasteiger partial charge in [-0.3, -0.25) is 20.3 Å². The summed E-state index contributed by atoms with van der Waals surface area (Å²) in [6.45, 7) is 2.43. The van der Waals surface area contributed by atoms with Crippen LogP contribution in [-0.2, 0) is 6.54 Å². The van der Waals surface area contributed by atoms with Crippen LogP contribution in [-0.4, -0.2) is 16.1 Å². The minimum atomic E-state index is -0.242. The van der Waals surface area contributed by atoms with Crippen LogP contribution in [0.15, 0.2) is 66.7 Å². The number of aromatic nitrogens is 2. The quantitative estimate of drug-likeness (QED) is 0.712. The van der Waals surface area contributed by atoms with E-state index < -0.39 is 0 Å². The van der Waals surface area contributed by atoms with Gasteiger partial charge in [-0.15, -0.1) is 0 Å². The molecule has 0 fully saturated rings. The van der Waals surface area contributed by atoms with Gasteiger partial charge in [0.15, 0.2) is 5.69 Å². The fourth-order valence-electron chi connectivity index (χ4n) is 2.28. The Kier molecular flexibility index (Phi) is 4.38. The van der Waals surface area contributed by atoms with Crippen LogP contribution in [0, 0.1) is 6.92 Å². The molecule has 0 unspecified atom stereocenters. The molecule has 0 aliphatic heterocycles. The molecule has 0 aliphatic rings. The molecule has 2 N–H and O–H groups in total. The first-order valence-corrected chi connectivity index (χ1v) is 7.42. The van der Waals surface area contributed by atoms with E-state index in [9.17, 15) is 4.79 Å². The Morgan fingerprint density at radius 2 is 1.74 bits per heavy atom. The summed E-state index contributed by atoms with van der Waals surface area (Å²) in [5, 5.41) is 8.61. The van der Waals surface area contributed by atoms with Crippen LogP contribution in [0.1, 0.15) is 21.7 Å². The molecule has 2 aromatic carbocycles. The molecule has 0 saturated heterocycles. The summed E-state index contributed by atoms with van der Waals surface area (Å²) >= 11 is 0. The molecule has 3 aromatic rings. The van der Waals surface area contributed by atoms with E-state index >= 15 is 0 Å². The van der Waals surface area contributed by atoms with Crippen molar-refractivity contribution in [3.05, 3.63) is 83.7 Å². The first-order chi connectivity index (χ1) is 11.2. The van der Waals surface area contributed by atoms with Crippen LogP contribution in [0.4, 0.5) is 5.69 Å². The van der Waals surface area contributed by atoms with Gasteiger partial charge in [-0.05, 0) is 30.7 Å². The summed E-state index contributed by atoms with van der Waals surface area (Å²) in [4.78, 5) is 12.4. The number of benzene rings is 2. The highest BCUT2D eigenvalue weighted by molar-refractivity contribution is 5.93. The van der Waals surface area contributed by atoms with E-state index in [2.05, 4.69) is 15.6 Å². The van der Waals surface area contributed by atoms with Crippen LogP contribution in [0.5, 0.6) is 0 Å². The molecule has 1 aromatic heterocycles. The molecule has 0 bridgehead atoms. The smallest absolute Gasteiger partial charge is 0.282 e. The number of aryl methyl sites for hydroxylation is 1. The minimum absolute atomic E-state index is 0.242. The fourth-order valence-corrected chi connectivity index (χ4v) is 2.28. The lowest BCUT2D eigenvalue weighted by Gasteiger charge is -2.25. The number of hydrogen-bond donors (Lipinski definition) is 2. The number of nitrogens with zero attached hydrogens (tertiary/aromatic N) is 2. The Bertz CT molecular complexity index is 768. The third-order valence-corrected chi connectivity index (χ3v) is 3.43. The Morgan fingerprint density at radius 1 is 1.09 bits per heavy atom. The van der Waals surface area contributed by atoms with Gasteiger partial charge in [0.05, 0.1) is 12.2 Å². The molecular formula is C18H18N4O. The summed E-state index contributed by atoms with van der Waals surface area (Å²) in [7, 11) is 0. The van der Waals surface area contributed by atoms with E-state index in [1.54, 1.807) is 6.07 Å². The molecule has 3 rings (SSSR count). The number of nitrogens with one attached hydrogen (secondary N) is 2. The van der Waals surface area contributed by atoms with Crippen LogP contribution in [0.25, 0.3) is 0 Å². The Hall–Kier alpha value is -3.08. The van der Waals surface area contributed by atoms with Crippen molar-refractivity contribution in [3.8, 4) is 0 Å². The molecular weight excluding hydrogens is 288 g/mol. The topological polar surface area (TPSA) is 61.0 Å². The van der Waals surface area contributed by atoms with Crippen molar-refractivity contribution in [1.29, 1.82) is 0 Å². The summed E-state index contributed by atoms with van der Waals surface area (Å²) in [5.41, 5.74) is 6.17. The Morgan fingerprint density at radius 3 is 2.35 bits per heavy atom. The second-order valence-corrected chi connectivity index (χ2v) is 5.28. The number of para-hydroxylation sites is 1. The second-order valence-electron chi connectivity index (χ2n) is 5.28. The van der Waals surface area contributed by atoms with Crippen molar-refractivity contribution in [2.24, 2.45) is 0 Å². The summed E-state index contributed by atoms with van der Waals surface area (Å²) < 4.78 is 0. The molecule has 0 aliphatic carbocycles. The number of hydrogen-bond acceptors (Lipinski definition) is 3. The zero-order valence-electron chi connectivity index (χ0n) is 12.9. The fraction of sp³-hybridized carbons (Fsp3) is 0.111. The van der Waals surface area contributed by atoms with E-state index in [1.165, 1.54) is 0 Å². The third-order valence-electron chi connectivity index (χ3n) is 3.43. The van der Waals surface area contributed by atoms with Gasteiger partial charge in [-0.2, -0.15) is 5.10 Å². The first kappa shape index (κ1) is 14.8. The van der Waals surface area contributed by atoms with Gasteiger partial charge in [-0.25, -0.2) is 0 Å². The molecule has 1 heterocycles. The maximum atomic E-state index is 12.4. The molecule has 5 heteroatoms. The van der Waals surface area contributed by atoms with Crippen LogP contribution < -0.4 is 10.4 Å². The standard InChI is InChI=1S/C18H18N4O/c1-14-12-17(20-19-14)18(23)21-22(16-10-6-3-7-11-16)13-15-8-4-2-5-9-15/h2-12H,13H2,1H3,(H,19,20)(H,21,23). The Labute approximate surface area is 134 Å². The molecule has 23 heavy (non-hydrogen) atoms. The van der Waals surface area contributed by atoms with Gasteiger partial charge >= 0.3 is 0 Å². The van der Waals surface area contributed by atoms with Gasteiger partial charge in [0, 0.05) is 5.69 Å². The number of carbonyl (C=O) groups is 1. The average Bonchev–Trinajstić information content (AvgIpc) is 3.03. The SMILES string of the molecule is Cc1cc(C(=O)NN(Cc2ccccc2)c2ccccc2)n[nH]1. The zero-order valence-corrected chi connectivity index (χ0v) is 12.9. The monoisotopic (exact) mass is 306 g/mol. The largest absolute Gasteiger partial charge is 0.290 e. The molecule has 1 amide bonds. The highest BCUT2D eigenvalue weighted by Crippen LogP contribution is 2.15. The van der Waals surface area contributed by atoms with Crippen LogP contribution in [0.2, 0.25) is 0 Å². The highest BCUT2D eigenvalue weighted by Gasteiger charge is 2.14. The number of aromatic amines is 1. The summed E-state index contributed by atoms with van der Waals surface area (Å²) in [6.07, 6.45) is 0. The van der Waals surface area contributed by atoms with Gasteiger partial charge in [0.1, 0.15) is 0 Å². The maximum absolute atomic E-state index is 12.4. The molecule has 0 atom stereocenters. The van der Waals surface area contributed by atoms with E-state index in [0.29, 0.717) is 12.2 Å². The number of rotatable bonds is 5. The average molecular weight is 306 g/mol. The van der Waals surface area contributed by atoms with Crippen molar-refractivity contribution < 1.29 is 4.79 Å². The van der Waals surface area contributed by atoms with E-state index in [4.69, 9.17) is 0 Å². The molecule has 0 spiro atoms. The summed E-state index contributed by atoms with van der Waals surface area (Å²) in [5.74, 6) is -0.242. The van der Waals surface area contributed by atoms with Gasteiger partial charge in [-0.1, -0.05) is 48.5 Å². The lowest BCUT2D eigenvalue weighted by atomic mass is 10.2. The molecule has 0 saturated carbocycles. The van der Waals surface area contributed by atoms with Crippen molar-refractivity contribution in [1.82, 2.24) is 15.6 Å². The van der Waals surface area contributed by atoms with Crippen LogP contribution in [0.3, 0.4) is 0 Å². The van der Waals surface area contributed by atoms with E-state index in [1.807, 2.05) is 72.6 Å². The lowest BCUT2D eigenvalue weighted by molar-refractivity contribution is 0.0943. The predicted molar refractivity (Wildman–Crippen MR) is 89.9 cm³/mol.